The summed E-state index contributed by atoms with van der Waals surface area (Å²) in [5.74, 6) is 0.948. The molecule has 2 fully saturated rings. The third-order valence-electron chi connectivity index (χ3n) is 4.54. The molecular weight excluding hydrogens is 292 g/mol. The highest BCUT2D eigenvalue weighted by molar-refractivity contribution is 7.89. The lowest BCUT2D eigenvalue weighted by atomic mass is 9.69. The van der Waals surface area contributed by atoms with Gasteiger partial charge in [0.15, 0.2) is 5.03 Å². The lowest BCUT2D eigenvalue weighted by Gasteiger charge is -2.52. The van der Waals surface area contributed by atoms with Crippen molar-refractivity contribution in [1.82, 2.24) is 14.3 Å². The zero-order valence-corrected chi connectivity index (χ0v) is 13.1. The molecule has 0 spiro atoms. The van der Waals surface area contributed by atoms with Gasteiger partial charge in [-0.2, -0.15) is 0 Å². The average molecular weight is 314 g/mol. The van der Waals surface area contributed by atoms with E-state index >= 15 is 0 Å². The second-order valence-corrected chi connectivity index (χ2v) is 7.44. The maximum Gasteiger partial charge on any atom is 0.259 e. The van der Waals surface area contributed by atoms with Gasteiger partial charge in [0.25, 0.3) is 10.0 Å². The van der Waals surface area contributed by atoms with Gasteiger partial charge in [-0.25, -0.2) is 18.1 Å². The van der Waals surface area contributed by atoms with Gasteiger partial charge in [-0.1, -0.05) is 0 Å². The van der Waals surface area contributed by atoms with Crippen LogP contribution in [-0.2, 0) is 21.3 Å². The summed E-state index contributed by atoms with van der Waals surface area (Å²) in [4.78, 5) is 4.12. The molecule has 0 amide bonds. The van der Waals surface area contributed by atoms with E-state index in [2.05, 4.69) is 9.71 Å². The normalized spacial score (nSPS) is 32.5. The van der Waals surface area contributed by atoms with Crippen LogP contribution in [0.1, 0.15) is 25.6 Å². The van der Waals surface area contributed by atoms with Gasteiger partial charge >= 0.3 is 0 Å². The van der Waals surface area contributed by atoms with Crippen LogP contribution in [0.4, 0.5) is 0 Å². The number of nitrogens with one attached hydrogen (secondary N) is 1. The van der Waals surface area contributed by atoms with Crippen molar-refractivity contribution in [2.45, 2.75) is 56.4 Å². The summed E-state index contributed by atoms with van der Waals surface area (Å²) < 4.78 is 35.0. The molecule has 0 bridgehead atoms. The predicted molar refractivity (Wildman–Crippen MR) is 77.2 cm³/mol. The first-order chi connectivity index (χ1) is 9.94. The summed E-state index contributed by atoms with van der Waals surface area (Å²) in [6.07, 6.45) is 3.46. The van der Waals surface area contributed by atoms with Crippen molar-refractivity contribution in [1.29, 1.82) is 0 Å². The molecule has 118 valence electrons. The van der Waals surface area contributed by atoms with Gasteiger partial charge in [-0.15, -0.1) is 0 Å². The number of hydrogen-bond donors (Lipinski definition) is 2. The Morgan fingerprint density at radius 3 is 3.00 bits per heavy atom. The van der Waals surface area contributed by atoms with E-state index in [4.69, 9.17) is 10.5 Å². The summed E-state index contributed by atoms with van der Waals surface area (Å²) in [7, 11) is -3.66. The van der Waals surface area contributed by atoms with Gasteiger partial charge in [0, 0.05) is 31.3 Å². The number of nitrogens with two attached hydrogens (primary N) is 1. The first kappa shape index (κ1) is 15.0. The third kappa shape index (κ3) is 2.50. The standard InChI is InChI=1S/C13H22N4O3S/c1-3-17-7-10(15-8(17)2)21(18,19)16-12-11(14)9-5-4-6-20-13(9)12/h7,9,11-13,16H,3-6,14H2,1-2H3. The average Bonchev–Trinajstić information content (AvgIpc) is 2.86. The maximum absolute atomic E-state index is 12.4. The van der Waals surface area contributed by atoms with E-state index in [-0.39, 0.29) is 29.1 Å². The van der Waals surface area contributed by atoms with Crippen molar-refractivity contribution >= 4 is 10.0 Å². The Hall–Kier alpha value is -0.960. The van der Waals surface area contributed by atoms with Crippen molar-refractivity contribution in [3.63, 3.8) is 0 Å². The van der Waals surface area contributed by atoms with Crippen LogP contribution in [0.25, 0.3) is 0 Å². The minimum atomic E-state index is -3.66. The number of ether oxygens (including phenoxy) is 1. The molecule has 3 rings (SSSR count). The lowest BCUT2D eigenvalue weighted by Crippen LogP contribution is -2.71. The first-order valence-corrected chi connectivity index (χ1v) is 8.85. The third-order valence-corrected chi connectivity index (χ3v) is 5.87. The smallest absolute Gasteiger partial charge is 0.259 e. The molecule has 8 heteroatoms. The fourth-order valence-electron chi connectivity index (χ4n) is 3.26. The molecule has 1 aromatic heterocycles. The number of aryl methyl sites for hydroxylation is 2. The number of imidazole rings is 1. The van der Waals surface area contributed by atoms with E-state index in [0.717, 1.165) is 12.8 Å². The molecule has 1 aromatic rings. The molecule has 21 heavy (non-hydrogen) atoms. The van der Waals surface area contributed by atoms with Gasteiger partial charge in [0.2, 0.25) is 0 Å². The van der Waals surface area contributed by atoms with Gasteiger partial charge in [-0.3, -0.25) is 0 Å². The van der Waals surface area contributed by atoms with E-state index in [1.54, 1.807) is 17.7 Å². The van der Waals surface area contributed by atoms with Crippen LogP contribution in [0.2, 0.25) is 0 Å². The zero-order chi connectivity index (χ0) is 15.2. The van der Waals surface area contributed by atoms with Crippen molar-refractivity contribution in [2.24, 2.45) is 11.7 Å². The molecular formula is C13H22N4O3S. The number of rotatable bonds is 4. The van der Waals surface area contributed by atoms with Crippen LogP contribution in [0, 0.1) is 12.8 Å². The molecule has 0 radical (unpaired) electrons. The van der Waals surface area contributed by atoms with E-state index < -0.39 is 10.0 Å². The number of nitrogens with zero attached hydrogens (tertiary/aromatic N) is 2. The van der Waals surface area contributed by atoms with Crippen LogP contribution in [0.3, 0.4) is 0 Å². The largest absolute Gasteiger partial charge is 0.376 e. The number of hydrogen-bond acceptors (Lipinski definition) is 5. The number of fused-ring (bicyclic) bond motifs is 1. The minimum Gasteiger partial charge on any atom is -0.376 e. The van der Waals surface area contributed by atoms with Gasteiger partial charge in [0.1, 0.15) is 5.82 Å². The monoisotopic (exact) mass is 314 g/mol. The fraction of sp³-hybridized carbons (Fsp3) is 0.769. The van der Waals surface area contributed by atoms with E-state index in [9.17, 15) is 8.42 Å². The molecule has 4 atom stereocenters. The maximum atomic E-state index is 12.4. The van der Waals surface area contributed by atoms with Crippen LogP contribution < -0.4 is 10.5 Å². The summed E-state index contributed by atoms with van der Waals surface area (Å²) in [5, 5.41) is 0.0494. The highest BCUT2D eigenvalue weighted by atomic mass is 32.2. The Kier molecular flexibility index (Phi) is 3.81. The fourth-order valence-corrected chi connectivity index (χ4v) is 4.55. The Bertz CT molecular complexity index is 627. The van der Waals surface area contributed by atoms with E-state index in [1.807, 2.05) is 6.92 Å². The Morgan fingerprint density at radius 1 is 1.57 bits per heavy atom. The van der Waals surface area contributed by atoms with Crippen molar-refractivity contribution in [3.8, 4) is 0 Å². The molecule has 1 aliphatic heterocycles. The van der Waals surface area contributed by atoms with Gasteiger partial charge in [-0.05, 0) is 26.7 Å². The van der Waals surface area contributed by atoms with Crippen molar-refractivity contribution in [3.05, 3.63) is 12.0 Å². The molecule has 7 nitrogen and oxygen atoms in total. The van der Waals surface area contributed by atoms with Gasteiger partial charge in [0.05, 0.1) is 12.1 Å². The zero-order valence-electron chi connectivity index (χ0n) is 12.3. The highest BCUT2D eigenvalue weighted by Gasteiger charge is 2.52. The SMILES string of the molecule is CCn1cc(S(=O)(=O)NC2C(N)C3CCCOC32)nc1C. The molecule has 1 saturated heterocycles. The second kappa shape index (κ2) is 5.35. The Balaban J connectivity index is 1.77. The summed E-state index contributed by atoms with van der Waals surface area (Å²) in [5.41, 5.74) is 6.09. The van der Waals surface area contributed by atoms with Crippen LogP contribution in [-0.4, -0.2) is 42.8 Å². The van der Waals surface area contributed by atoms with Crippen LogP contribution in [0.15, 0.2) is 11.2 Å². The topological polar surface area (TPSA) is 99.2 Å². The summed E-state index contributed by atoms with van der Waals surface area (Å²) >= 11 is 0. The van der Waals surface area contributed by atoms with Crippen LogP contribution >= 0.6 is 0 Å². The molecule has 2 aliphatic rings. The van der Waals surface area contributed by atoms with Gasteiger partial charge < -0.3 is 15.0 Å². The molecule has 4 unspecified atom stereocenters. The van der Waals surface area contributed by atoms with Crippen molar-refractivity contribution < 1.29 is 13.2 Å². The number of sulfonamides is 1. The highest BCUT2D eigenvalue weighted by Crippen LogP contribution is 2.37. The lowest BCUT2D eigenvalue weighted by molar-refractivity contribution is -0.114. The van der Waals surface area contributed by atoms with E-state index in [1.165, 1.54) is 0 Å². The molecule has 3 N–H and O–H groups in total. The quantitative estimate of drug-likeness (QED) is 0.814. The number of aromatic nitrogens is 2. The van der Waals surface area contributed by atoms with E-state index in [0.29, 0.717) is 19.0 Å². The summed E-state index contributed by atoms with van der Waals surface area (Å²) in [6.45, 7) is 5.10. The predicted octanol–water partition coefficient (Wildman–Crippen LogP) is -0.00558. The molecule has 2 heterocycles. The second-order valence-electron chi connectivity index (χ2n) is 5.78. The van der Waals surface area contributed by atoms with Crippen LogP contribution in [0.5, 0.6) is 0 Å². The molecule has 1 saturated carbocycles. The Morgan fingerprint density at radius 2 is 2.33 bits per heavy atom. The molecule has 0 aromatic carbocycles. The molecule has 1 aliphatic carbocycles. The Labute approximate surface area is 124 Å². The minimum absolute atomic E-state index is 0.0494. The van der Waals surface area contributed by atoms with Crippen molar-refractivity contribution in [2.75, 3.05) is 6.61 Å². The summed E-state index contributed by atoms with van der Waals surface area (Å²) in [6, 6.07) is -0.535. The first-order valence-electron chi connectivity index (χ1n) is 7.37.